The highest BCUT2D eigenvalue weighted by molar-refractivity contribution is 7.22. The maximum atomic E-state index is 13.5. The van der Waals surface area contributed by atoms with Gasteiger partial charge in [-0.2, -0.15) is 0 Å². The fourth-order valence-electron chi connectivity index (χ4n) is 1.98. The molecule has 1 N–H and O–H groups in total. The molecule has 19 heavy (non-hydrogen) atoms. The average Bonchev–Trinajstić information content (AvgIpc) is 2.73. The van der Waals surface area contributed by atoms with Crippen LogP contribution in [0.25, 0.3) is 15.8 Å². The third kappa shape index (κ3) is 2.68. The Kier molecular flexibility index (Phi) is 4.00. The molecule has 0 aliphatic heterocycles. The molecule has 0 amide bonds. The van der Waals surface area contributed by atoms with E-state index in [-0.39, 0.29) is 0 Å². The van der Waals surface area contributed by atoms with Crippen molar-refractivity contribution in [2.45, 2.75) is 26.9 Å². The van der Waals surface area contributed by atoms with Crippen molar-refractivity contribution in [3.8, 4) is 0 Å². The molecule has 2 aromatic heterocycles. The first kappa shape index (κ1) is 13.7. The summed E-state index contributed by atoms with van der Waals surface area (Å²) in [4.78, 5) is 5.28. The minimum atomic E-state index is -1.03. The summed E-state index contributed by atoms with van der Waals surface area (Å²) in [6.45, 7) is 9.31. The second kappa shape index (κ2) is 5.53. The molecule has 0 saturated heterocycles. The molecule has 0 aliphatic carbocycles. The summed E-state index contributed by atoms with van der Waals surface area (Å²) in [5.74, 6) is 0. The topological polar surface area (TPSA) is 24.9 Å². The lowest BCUT2D eigenvalue weighted by Gasteiger charge is -2.12. The maximum Gasteiger partial charge on any atom is 0.137 e. The number of aromatic nitrogens is 1. The van der Waals surface area contributed by atoms with Gasteiger partial charge in [0.05, 0.1) is 0 Å². The highest BCUT2D eigenvalue weighted by Gasteiger charge is 2.15. The zero-order chi connectivity index (χ0) is 14.0. The lowest BCUT2D eigenvalue weighted by Crippen LogP contribution is -2.08. The molecule has 0 spiro atoms. The van der Waals surface area contributed by atoms with Gasteiger partial charge in [0, 0.05) is 22.8 Å². The zero-order valence-corrected chi connectivity index (χ0v) is 12.1. The molecule has 0 radical (unpaired) electrons. The van der Waals surface area contributed by atoms with Gasteiger partial charge in [-0.3, -0.25) is 0 Å². The van der Waals surface area contributed by atoms with Crippen molar-refractivity contribution in [2.24, 2.45) is 0 Å². The van der Waals surface area contributed by atoms with Gasteiger partial charge in [0.2, 0.25) is 0 Å². The van der Waals surface area contributed by atoms with E-state index in [0.717, 1.165) is 26.4 Å². The molecule has 2 rings (SSSR count). The first-order valence-corrected chi connectivity index (χ1v) is 6.97. The highest BCUT2D eigenvalue weighted by Crippen LogP contribution is 2.39. The Balaban J connectivity index is 2.54. The number of thiophene rings is 1. The summed E-state index contributed by atoms with van der Waals surface area (Å²) in [6.07, 6.45) is 2.49. The normalized spacial score (nSPS) is 13.6. The van der Waals surface area contributed by atoms with Crippen molar-refractivity contribution < 1.29 is 4.39 Å². The maximum absolute atomic E-state index is 13.5. The average molecular weight is 276 g/mol. The summed E-state index contributed by atoms with van der Waals surface area (Å²) in [5, 5.41) is 5.13. The van der Waals surface area contributed by atoms with Crippen LogP contribution in [0.5, 0.6) is 0 Å². The number of pyridine rings is 1. The van der Waals surface area contributed by atoms with Crippen LogP contribution in [0.15, 0.2) is 36.7 Å². The second-order valence-electron chi connectivity index (χ2n) is 4.43. The smallest absolute Gasteiger partial charge is 0.137 e. The number of hydrogen-bond acceptors (Lipinski definition) is 3. The molecule has 0 aliphatic rings. The van der Waals surface area contributed by atoms with Crippen LogP contribution < -0.4 is 5.32 Å². The Hall–Kier alpha value is -1.68. The summed E-state index contributed by atoms with van der Waals surface area (Å²) >= 11 is 1.52. The Morgan fingerprint density at radius 2 is 2.32 bits per heavy atom. The number of rotatable bonds is 4. The van der Waals surface area contributed by atoms with Crippen LogP contribution >= 0.6 is 11.3 Å². The van der Waals surface area contributed by atoms with E-state index in [1.807, 2.05) is 26.0 Å². The van der Waals surface area contributed by atoms with Gasteiger partial charge in [0.1, 0.15) is 16.0 Å². The lowest BCUT2D eigenvalue weighted by molar-refractivity contribution is 0.413. The van der Waals surface area contributed by atoms with E-state index < -0.39 is 6.17 Å². The molecule has 0 aromatic carbocycles. The van der Waals surface area contributed by atoms with Crippen LogP contribution in [0.1, 0.15) is 26.3 Å². The summed E-state index contributed by atoms with van der Waals surface area (Å²) < 4.78 is 13.5. The molecular formula is C15H17FN2S. The van der Waals surface area contributed by atoms with Gasteiger partial charge in [-0.05, 0) is 38.5 Å². The van der Waals surface area contributed by atoms with E-state index in [4.69, 9.17) is 0 Å². The van der Waals surface area contributed by atoms with Crippen LogP contribution in [-0.4, -0.2) is 11.2 Å². The van der Waals surface area contributed by atoms with Gasteiger partial charge < -0.3 is 5.32 Å². The third-order valence-electron chi connectivity index (χ3n) is 2.89. The van der Waals surface area contributed by atoms with Gasteiger partial charge in [-0.1, -0.05) is 24.0 Å². The molecule has 4 heteroatoms. The predicted molar refractivity (Wildman–Crippen MR) is 82.3 cm³/mol. The molecule has 0 bridgehead atoms. The van der Waals surface area contributed by atoms with Crippen molar-refractivity contribution in [1.29, 1.82) is 0 Å². The predicted octanol–water partition coefficient (Wildman–Crippen LogP) is 5.00. The van der Waals surface area contributed by atoms with E-state index in [2.05, 4.69) is 16.9 Å². The molecule has 100 valence electrons. The van der Waals surface area contributed by atoms with Crippen LogP contribution in [0.3, 0.4) is 0 Å². The second-order valence-corrected chi connectivity index (χ2v) is 5.43. The molecule has 2 nitrogen and oxygen atoms in total. The van der Waals surface area contributed by atoms with Gasteiger partial charge in [0.25, 0.3) is 0 Å². The van der Waals surface area contributed by atoms with Gasteiger partial charge in [-0.25, -0.2) is 9.37 Å². The summed E-state index contributed by atoms with van der Waals surface area (Å²) in [7, 11) is 0. The number of fused-ring (bicyclic) bond motifs is 1. The molecule has 0 saturated carbocycles. The monoisotopic (exact) mass is 276 g/mol. The molecule has 0 fully saturated rings. The van der Waals surface area contributed by atoms with E-state index in [1.54, 1.807) is 12.3 Å². The molecular weight excluding hydrogens is 259 g/mol. The van der Waals surface area contributed by atoms with Gasteiger partial charge in [0.15, 0.2) is 0 Å². The number of anilines is 1. The molecule has 2 aromatic rings. The van der Waals surface area contributed by atoms with Crippen molar-refractivity contribution in [1.82, 2.24) is 4.98 Å². The van der Waals surface area contributed by atoms with E-state index in [1.165, 1.54) is 18.3 Å². The minimum absolute atomic E-state index is 0.564. The molecule has 1 unspecified atom stereocenters. The number of hydrogen-bond donors (Lipinski definition) is 1. The standard InChI is InChI=1S/C15H17FN2S/c1-5-12(10(4)16)18-15-13(9(2)3)11-7-6-8-17-14(11)19-15/h5-8,10,18H,2H2,1,3-4H3/b12-5+. The minimum Gasteiger partial charge on any atom is -0.348 e. The molecule has 2 heterocycles. The van der Waals surface area contributed by atoms with Crippen LogP contribution in [-0.2, 0) is 0 Å². The van der Waals surface area contributed by atoms with Crippen molar-refractivity contribution in [3.05, 3.63) is 42.2 Å². The van der Waals surface area contributed by atoms with E-state index >= 15 is 0 Å². The Labute approximate surface area is 116 Å². The van der Waals surface area contributed by atoms with Gasteiger partial charge >= 0.3 is 0 Å². The Morgan fingerprint density at radius 1 is 1.58 bits per heavy atom. The largest absolute Gasteiger partial charge is 0.348 e. The van der Waals surface area contributed by atoms with E-state index in [9.17, 15) is 4.39 Å². The van der Waals surface area contributed by atoms with Crippen LogP contribution in [0, 0.1) is 0 Å². The lowest BCUT2D eigenvalue weighted by atomic mass is 10.1. The fourth-order valence-corrected chi connectivity index (χ4v) is 3.12. The Bertz CT molecular complexity index is 641. The summed E-state index contributed by atoms with van der Waals surface area (Å²) in [6, 6.07) is 3.92. The van der Waals surface area contributed by atoms with Crippen molar-refractivity contribution >= 4 is 32.1 Å². The SMILES string of the molecule is C=C(C)c1c(N/C(=C/C)C(C)F)sc2ncccc12. The first-order chi connectivity index (χ1) is 9.04. The Morgan fingerprint density at radius 3 is 2.89 bits per heavy atom. The quantitative estimate of drug-likeness (QED) is 0.849. The van der Waals surface area contributed by atoms with E-state index in [0.29, 0.717) is 5.70 Å². The number of nitrogens with zero attached hydrogens (tertiary/aromatic N) is 1. The van der Waals surface area contributed by atoms with Crippen molar-refractivity contribution in [3.63, 3.8) is 0 Å². The van der Waals surface area contributed by atoms with Gasteiger partial charge in [-0.15, -0.1) is 0 Å². The number of allylic oxidation sites excluding steroid dienone is 3. The summed E-state index contributed by atoms with van der Waals surface area (Å²) in [5.41, 5.74) is 2.53. The number of alkyl halides is 1. The highest BCUT2D eigenvalue weighted by atomic mass is 32.1. The number of nitrogens with one attached hydrogen (secondary N) is 1. The third-order valence-corrected chi connectivity index (χ3v) is 3.92. The first-order valence-electron chi connectivity index (χ1n) is 6.15. The molecule has 1 atom stereocenters. The van der Waals surface area contributed by atoms with Crippen LogP contribution in [0.2, 0.25) is 0 Å². The van der Waals surface area contributed by atoms with Crippen molar-refractivity contribution in [2.75, 3.05) is 5.32 Å². The zero-order valence-electron chi connectivity index (χ0n) is 11.3. The number of halogens is 1. The van der Waals surface area contributed by atoms with Crippen LogP contribution in [0.4, 0.5) is 9.39 Å². The fraction of sp³-hybridized carbons (Fsp3) is 0.267.